The zero-order valence-corrected chi connectivity index (χ0v) is 22.0. The molecule has 2 heterocycles. The number of carbonyl (C=O) groups is 3. The van der Waals surface area contributed by atoms with Crippen molar-refractivity contribution in [3.8, 4) is 5.75 Å². The van der Waals surface area contributed by atoms with Gasteiger partial charge in [-0.2, -0.15) is 0 Å². The van der Waals surface area contributed by atoms with Crippen molar-refractivity contribution in [1.82, 2.24) is 19.9 Å². The average molecular weight is 543 g/mol. The fourth-order valence-corrected chi connectivity index (χ4v) is 3.65. The molecule has 0 aliphatic rings. The molecule has 5 N–H and O–H groups in total. The molecule has 0 bridgehead atoms. The summed E-state index contributed by atoms with van der Waals surface area (Å²) in [6, 6.07) is 4.45. The number of allylic oxidation sites excluding steroid dienone is 1. The Hall–Kier alpha value is -4.68. The quantitative estimate of drug-likeness (QED) is 0.285. The lowest BCUT2D eigenvalue weighted by atomic mass is 10.1. The van der Waals surface area contributed by atoms with Crippen molar-refractivity contribution in [2.24, 2.45) is 5.73 Å². The number of alkyl carbamates (subject to hydrolysis) is 1. The number of fused-ring (bicyclic) bond motifs is 1. The Morgan fingerprint density at radius 3 is 2.69 bits per heavy atom. The maximum Gasteiger partial charge on any atom is 0.407 e. The molecule has 1 aromatic carbocycles. The number of carbonyl (C=O) groups excluding carboxylic acids is 3. The van der Waals surface area contributed by atoms with Gasteiger partial charge >= 0.3 is 6.09 Å². The highest BCUT2D eigenvalue weighted by Gasteiger charge is 2.22. The molecule has 3 amide bonds. The van der Waals surface area contributed by atoms with Gasteiger partial charge in [-0.1, -0.05) is 6.08 Å². The number of H-pyrrole nitrogens is 1. The number of benzene rings is 1. The molecule has 1 unspecified atom stereocenters. The van der Waals surface area contributed by atoms with Crippen LogP contribution in [0.15, 0.2) is 47.4 Å². The first-order valence-corrected chi connectivity index (χ1v) is 12.0. The number of rotatable bonds is 10. The molecule has 3 rings (SSSR count). The lowest BCUT2D eigenvalue weighted by molar-refractivity contribution is -0.118. The molecule has 2 aromatic heterocycles. The summed E-state index contributed by atoms with van der Waals surface area (Å²) in [5.41, 5.74) is 4.74. The number of ether oxygens (including phenoxy) is 2. The Morgan fingerprint density at radius 2 is 2.03 bits per heavy atom. The first-order chi connectivity index (χ1) is 18.4. The van der Waals surface area contributed by atoms with Gasteiger partial charge in [-0.05, 0) is 51.8 Å². The Morgan fingerprint density at radius 1 is 1.28 bits per heavy atom. The number of hydrogen-bond acceptors (Lipinski definition) is 7. The minimum Gasteiger partial charge on any atom is -0.486 e. The Kier molecular flexibility index (Phi) is 9.07. The van der Waals surface area contributed by atoms with Crippen LogP contribution in [-0.2, 0) is 20.9 Å². The van der Waals surface area contributed by atoms with Gasteiger partial charge in [-0.15, -0.1) is 0 Å². The second-order valence-electron chi connectivity index (χ2n) is 9.61. The van der Waals surface area contributed by atoms with E-state index in [9.17, 15) is 23.6 Å². The smallest absolute Gasteiger partial charge is 0.407 e. The van der Waals surface area contributed by atoms with Gasteiger partial charge in [-0.3, -0.25) is 14.4 Å². The highest BCUT2D eigenvalue weighted by atomic mass is 19.1. The largest absolute Gasteiger partial charge is 0.486 e. The highest BCUT2D eigenvalue weighted by molar-refractivity contribution is 5.96. The third kappa shape index (κ3) is 8.15. The summed E-state index contributed by atoms with van der Waals surface area (Å²) in [5, 5.41) is 4.93. The first kappa shape index (κ1) is 28.9. The summed E-state index contributed by atoms with van der Waals surface area (Å²) in [7, 11) is 1.15. The summed E-state index contributed by atoms with van der Waals surface area (Å²) in [4.78, 5) is 56.1. The van der Waals surface area contributed by atoms with Crippen LogP contribution in [0.5, 0.6) is 5.75 Å². The highest BCUT2D eigenvalue weighted by Crippen LogP contribution is 2.28. The minimum atomic E-state index is -1.06. The zero-order valence-electron chi connectivity index (χ0n) is 22.0. The number of methoxy groups -OCH3 is 1. The standard InChI is InChI=1S/C26H31FN6O6/c1-26(2,3)39-19-13-15(27)12-18-22(19)32-21(29-18)14-33-11-7-9-17(24(33)36)30-23(35)16(31-25(37)38-4)8-5-6-10-20(28)34/h6-7,9-13,16H,5,8,14H2,1-4H3,(H2,28,34)(H,29,32)(H,30,35)(H,31,37). The summed E-state index contributed by atoms with van der Waals surface area (Å²) in [6.07, 6.45) is 3.65. The van der Waals surface area contributed by atoms with Gasteiger partial charge in [-0.25, -0.2) is 14.2 Å². The molecule has 3 aromatic rings. The van der Waals surface area contributed by atoms with E-state index in [0.717, 1.165) is 13.2 Å². The maximum absolute atomic E-state index is 14.2. The molecule has 12 nitrogen and oxygen atoms in total. The molecule has 0 saturated carbocycles. The van der Waals surface area contributed by atoms with Crippen molar-refractivity contribution < 1.29 is 28.2 Å². The lowest BCUT2D eigenvalue weighted by Gasteiger charge is -2.21. The predicted octanol–water partition coefficient (Wildman–Crippen LogP) is 2.57. The van der Waals surface area contributed by atoms with Crippen molar-refractivity contribution in [3.63, 3.8) is 0 Å². The molecule has 39 heavy (non-hydrogen) atoms. The number of halogens is 1. The molecular weight excluding hydrogens is 511 g/mol. The minimum absolute atomic E-state index is 0.00441. The van der Waals surface area contributed by atoms with E-state index in [1.54, 1.807) is 6.07 Å². The Labute approximate surface area is 223 Å². The van der Waals surface area contributed by atoms with E-state index in [0.29, 0.717) is 22.6 Å². The second-order valence-corrected chi connectivity index (χ2v) is 9.61. The van der Waals surface area contributed by atoms with Crippen LogP contribution in [0.4, 0.5) is 14.9 Å². The predicted molar refractivity (Wildman–Crippen MR) is 142 cm³/mol. The maximum atomic E-state index is 14.2. The van der Waals surface area contributed by atoms with Crippen LogP contribution < -0.4 is 26.7 Å². The van der Waals surface area contributed by atoms with Gasteiger partial charge < -0.3 is 35.4 Å². The van der Waals surface area contributed by atoms with Crippen LogP contribution in [0.25, 0.3) is 11.0 Å². The number of anilines is 1. The molecule has 0 saturated heterocycles. The van der Waals surface area contributed by atoms with E-state index >= 15 is 0 Å². The second kappa shape index (κ2) is 12.2. The van der Waals surface area contributed by atoms with E-state index in [2.05, 4.69) is 25.3 Å². The number of nitrogens with two attached hydrogens (primary N) is 1. The van der Waals surface area contributed by atoms with Gasteiger partial charge in [0.1, 0.15) is 40.2 Å². The number of aromatic amines is 1. The molecular formula is C26H31FN6O6. The number of amides is 3. The topological polar surface area (TPSA) is 170 Å². The molecule has 0 fully saturated rings. The van der Waals surface area contributed by atoms with Crippen molar-refractivity contribution in [2.75, 3.05) is 12.4 Å². The van der Waals surface area contributed by atoms with E-state index in [1.807, 2.05) is 20.8 Å². The van der Waals surface area contributed by atoms with Gasteiger partial charge in [0.2, 0.25) is 11.8 Å². The van der Waals surface area contributed by atoms with E-state index in [1.165, 1.54) is 35.0 Å². The SMILES string of the molecule is COC(=O)NC(CCC=CC(N)=O)C(=O)Nc1cccn(Cc2nc3cc(F)cc(OC(C)(C)C)c3[nH]2)c1=O. The number of nitrogens with one attached hydrogen (secondary N) is 3. The Balaban J connectivity index is 1.81. The van der Waals surface area contributed by atoms with Crippen molar-refractivity contribution in [3.05, 3.63) is 64.6 Å². The molecule has 0 radical (unpaired) electrons. The Bertz CT molecular complexity index is 1460. The monoisotopic (exact) mass is 542 g/mol. The molecule has 0 aliphatic heterocycles. The average Bonchev–Trinajstić information content (AvgIpc) is 3.24. The third-order valence-electron chi connectivity index (χ3n) is 5.28. The molecule has 0 spiro atoms. The fraction of sp³-hybridized carbons (Fsp3) is 0.346. The lowest BCUT2D eigenvalue weighted by Crippen LogP contribution is -2.44. The number of primary amides is 1. The van der Waals surface area contributed by atoms with Gasteiger partial charge in [0.25, 0.3) is 5.56 Å². The number of nitrogens with zero attached hydrogens (tertiary/aromatic N) is 2. The molecule has 13 heteroatoms. The first-order valence-electron chi connectivity index (χ1n) is 12.0. The van der Waals surface area contributed by atoms with Gasteiger partial charge in [0.15, 0.2) is 0 Å². The van der Waals surface area contributed by atoms with Gasteiger partial charge in [0.05, 0.1) is 19.2 Å². The summed E-state index contributed by atoms with van der Waals surface area (Å²) in [5.74, 6) is -1.16. The number of pyridine rings is 1. The van der Waals surface area contributed by atoms with Crippen LogP contribution in [0.1, 0.15) is 39.4 Å². The molecule has 208 valence electrons. The van der Waals surface area contributed by atoms with E-state index < -0.39 is 40.9 Å². The van der Waals surface area contributed by atoms with E-state index in [-0.39, 0.29) is 25.1 Å². The normalized spacial score (nSPS) is 12.3. The van der Waals surface area contributed by atoms with Crippen molar-refractivity contribution >= 4 is 34.6 Å². The summed E-state index contributed by atoms with van der Waals surface area (Å²) in [6.45, 7) is 5.51. The van der Waals surface area contributed by atoms with Gasteiger partial charge in [0, 0.05) is 18.3 Å². The van der Waals surface area contributed by atoms with E-state index in [4.69, 9.17) is 10.5 Å². The molecule has 0 aliphatic carbocycles. The van der Waals surface area contributed by atoms with Crippen LogP contribution in [0, 0.1) is 5.82 Å². The number of imidazole rings is 1. The van der Waals surface area contributed by atoms with Crippen LogP contribution in [0.2, 0.25) is 0 Å². The van der Waals surface area contributed by atoms with Crippen molar-refractivity contribution in [2.45, 2.75) is 51.8 Å². The van der Waals surface area contributed by atoms with Crippen molar-refractivity contribution in [1.29, 1.82) is 0 Å². The van der Waals surface area contributed by atoms with Crippen LogP contribution in [-0.4, -0.2) is 51.2 Å². The number of aromatic nitrogens is 3. The third-order valence-corrected chi connectivity index (χ3v) is 5.28. The summed E-state index contributed by atoms with van der Waals surface area (Å²) < 4.78 is 25.9. The van der Waals surface area contributed by atoms with Crippen LogP contribution in [0.3, 0.4) is 0 Å². The zero-order chi connectivity index (χ0) is 28.7. The van der Waals surface area contributed by atoms with Crippen LogP contribution >= 0.6 is 0 Å². The fourth-order valence-electron chi connectivity index (χ4n) is 3.65. The summed E-state index contributed by atoms with van der Waals surface area (Å²) >= 11 is 0. The number of hydrogen-bond donors (Lipinski definition) is 4. The molecule has 1 atom stereocenters.